The monoisotopic (exact) mass is 286 g/mol. The van der Waals surface area contributed by atoms with Crippen molar-refractivity contribution in [3.63, 3.8) is 0 Å². The lowest BCUT2D eigenvalue weighted by atomic mass is 10.00. The normalized spacial score (nSPS) is 21.9. The summed E-state index contributed by atoms with van der Waals surface area (Å²) in [7, 11) is 0. The summed E-state index contributed by atoms with van der Waals surface area (Å²) in [6.45, 7) is 3.01. The van der Waals surface area contributed by atoms with E-state index >= 15 is 0 Å². The predicted molar refractivity (Wildman–Crippen MR) is 70.9 cm³/mol. The van der Waals surface area contributed by atoms with Crippen LogP contribution in [0.2, 0.25) is 0 Å². The fraction of sp³-hybridized carbons (Fsp3) is 0.769. The minimum absolute atomic E-state index is 0.0881. The van der Waals surface area contributed by atoms with Gasteiger partial charge in [-0.3, -0.25) is 9.59 Å². The molecule has 114 valence electrons. The maximum atomic E-state index is 12.1. The molecule has 0 radical (unpaired) electrons. The second-order valence-corrected chi connectivity index (χ2v) is 5.25. The number of carbonyl (C=O) groups excluding carboxylic acids is 2. The van der Waals surface area contributed by atoms with Gasteiger partial charge in [-0.05, 0) is 26.2 Å². The first-order valence-corrected chi connectivity index (χ1v) is 6.82. The van der Waals surface area contributed by atoms with E-state index in [1.54, 1.807) is 6.92 Å². The molecule has 0 aromatic heterocycles. The lowest BCUT2D eigenvalue weighted by molar-refractivity contribution is -0.156. The van der Waals surface area contributed by atoms with E-state index in [0.29, 0.717) is 19.4 Å². The van der Waals surface area contributed by atoms with Gasteiger partial charge >= 0.3 is 5.97 Å². The molecule has 2 amide bonds. The van der Waals surface area contributed by atoms with Crippen molar-refractivity contribution in [3.05, 3.63) is 0 Å². The van der Waals surface area contributed by atoms with E-state index in [1.165, 1.54) is 4.90 Å². The van der Waals surface area contributed by atoms with Gasteiger partial charge in [0.1, 0.15) is 6.04 Å². The number of carboxylic acid groups (broad SMARTS) is 1. The summed E-state index contributed by atoms with van der Waals surface area (Å²) < 4.78 is 0. The van der Waals surface area contributed by atoms with Gasteiger partial charge in [0, 0.05) is 13.0 Å². The van der Waals surface area contributed by atoms with Crippen molar-refractivity contribution in [1.82, 2.24) is 10.2 Å². The zero-order chi connectivity index (χ0) is 15.3. The second-order valence-electron chi connectivity index (χ2n) is 5.25. The number of aliphatic carboxylic acids is 1. The van der Waals surface area contributed by atoms with E-state index in [0.717, 1.165) is 19.8 Å². The van der Waals surface area contributed by atoms with Crippen LogP contribution in [0.25, 0.3) is 0 Å². The van der Waals surface area contributed by atoms with Crippen molar-refractivity contribution in [2.45, 2.75) is 51.2 Å². The Morgan fingerprint density at radius 3 is 2.55 bits per heavy atom. The molecule has 0 aromatic carbocycles. The van der Waals surface area contributed by atoms with Gasteiger partial charge in [-0.1, -0.05) is 6.92 Å². The molecule has 20 heavy (non-hydrogen) atoms. The van der Waals surface area contributed by atoms with Crippen LogP contribution in [0, 0.1) is 0 Å². The Kier molecular flexibility index (Phi) is 5.50. The third-order valence-corrected chi connectivity index (χ3v) is 3.50. The van der Waals surface area contributed by atoms with Gasteiger partial charge in [0.25, 0.3) is 0 Å². The number of carboxylic acids is 1. The minimum Gasteiger partial charge on any atom is -0.479 e. The number of likely N-dealkylation sites (tertiary alicyclic amines) is 1. The lowest BCUT2D eigenvalue weighted by Gasteiger charge is -2.35. The fourth-order valence-corrected chi connectivity index (χ4v) is 2.16. The lowest BCUT2D eigenvalue weighted by Crippen LogP contribution is -2.55. The van der Waals surface area contributed by atoms with E-state index in [-0.39, 0.29) is 12.5 Å². The first-order valence-electron chi connectivity index (χ1n) is 6.82. The number of rotatable bonds is 5. The molecule has 0 spiro atoms. The van der Waals surface area contributed by atoms with Crippen LogP contribution in [0.5, 0.6) is 0 Å². The smallest absolute Gasteiger partial charge is 0.337 e. The summed E-state index contributed by atoms with van der Waals surface area (Å²) in [5.41, 5.74) is -2.01. The van der Waals surface area contributed by atoms with E-state index in [1.807, 2.05) is 0 Å². The van der Waals surface area contributed by atoms with Crippen LogP contribution >= 0.6 is 0 Å². The molecule has 0 aliphatic carbocycles. The van der Waals surface area contributed by atoms with Crippen molar-refractivity contribution >= 4 is 17.8 Å². The van der Waals surface area contributed by atoms with Gasteiger partial charge in [0.2, 0.25) is 11.8 Å². The summed E-state index contributed by atoms with van der Waals surface area (Å²) >= 11 is 0. The molecule has 2 unspecified atom stereocenters. The van der Waals surface area contributed by atoms with Gasteiger partial charge in [-0.15, -0.1) is 0 Å². The molecule has 2 atom stereocenters. The topological polar surface area (TPSA) is 107 Å². The van der Waals surface area contributed by atoms with Crippen molar-refractivity contribution in [3.8, 4) is 0 Å². The van der Waals surface area contributed by atoms with Crippen LogP contribution in [-0.2, 0) is 14.4 Å². The van der Waals surface area contributed by atoms with Gasteiger partial charge in [0.15, 0.2) is 5.60 Å². The Labute approximate surface area is 117 Å². The molecule has 1 aliphatic heterocycles. The van der Waals surface area contributed by atoms with E-state index in [2.05, 4.69) is 5.32 Å². The molecule has 1 aliphatic rings. The summed E-state index contributed by atoms with van der Waals surface area (Å²) in [5, 5.41) is 20.8. The van der Waals surface area contributed by atoms with Crippen molar-refractivity contribution in [2.75, 3.05) is 13.1 Å². The van der Waals surface area contributed by atoms with Crippen molar-refractivity contribution < 1.29 is 24.6 Å². The number of nitrogens with zero attached hydrogens (tertiary/aromatic N) is 1. The zero-order valence-electron chi connectivity index (χ0n) is 11.9. The van der Waals surface area contributed by atoms with Crippen LogP contribution in [0.3, 0.4) is 0 Å². The number of hydrogen-bond acceptors (Lipinski definition) is 4. The van der Waals surface area contributed by atoms with Crippen molar-refractivity contribution in [1.29, 1.82) is 0 Å². The Balaban J connectivity index is 2.64. The van der Waals surface area contributed by atoms with Crippen LogP contribution in [0.4, 0.5) is 0 Å². The second kappa shape index (κ2) is 6.69. The first-order chi connectivity index (χ1) is 9.29. The largest absolute Gasteiger partial charge is 0.479 e. The maximum Gasteiger partial charge on any atom is 0.337 e. The maximum absolute atomic E-state index is 12.1. The van der Waals surface area contributed by atoms with Crippen LogP contribution < -0.4 is 5.32 Å². The van der Waals surface area contributed by atoms with E-state index in [4.69, 9.17) is 5.11 Å². The van der Waals surface area contributed by atoms with Gasteiger partial charge in [0.05, 0.1) is 6.54 Å². The molecule has 0 saturated carbocycles. The van der Waals surface area contributed by atoms with Gasteiger partial charge in [-0.2, -0.15) is 0 Å². The Morgan fingerprint density at radius 1 is 1.35 bits per heavy atom. The van der Waals surface area contributed by atoms with Gasteiger partial charge in [-0.25, -0.2) is 4.79 Å². The minimum atomic E-state index is -2.01. The van der Waals surface area contributed by atoms with Gasteiger partial charge < -0.3 is 20.4 Å². The summed E-state index contributed by atoms with van der Waals surface area (Å²) in [6, 6.07) is -0.569. The molecule has 7 nitrogen and oxygen atoms in total. The number of aliphatic hydroxyl groups is 1. The number of piperidine rings is 1. The number of amides is 2. The molecule has 0 aromatic rings. The molecule has 1 fully saturated rings. The third-order valence-electron chi connectivity index (χ3n) is 3.50. The Bertz CT molecular complexity index is 394. The zero-order valence-corrected chi connectivity index (χ0v) is 11.9. The summed E-state index contributed by atoms with van der Waals surface area (Å²) in [4.78, 5) is 36.2. The number of carbonyl (C=O) groups is 3. The van der Waals surface area contributed by atoms with E-state index < -0.39 is 23.5 Å². The Morgan fingerprint density at radius 2 is 2.00 bits per heavy atom. The molecular weight excluding hydrogens is 264 g/mol. The molecule has 7 heteroatoms. The highest BCUT2D eigenvalue weighted by Crippen LogP contribution is 2.18. The van der Waals surface area contributed by atoms with Crippen molar-refractivity contribution in [2.24, 2.45) is 0 Å². The molecule has 0 bridgehead atoms. The molecule has 1 saturated heterocycles. The quantitative estimate of drug-likeness (QED) is 0.645. The highest BCUT2D eigenvalue weighted by Gasteiger charge is 2.34. The predicted octanol–water partition coefficient (Wildman–Crippen LogP) is -0.271. The highest BCUT2D eigenvalue weighted by atomic mass is 16.4. The van der Waals surface area contributed by atoms with Crippen LogP contribution in [0.15, 0.2) is 0 Å². The molecule has 1 heterocycles. The SMILES string of the molecule is CCC(=O)N1CCCCC1C(=O)NCC(C)(O)C(=O)O. The fourth-order valence-electron chi connectivity index (χ4n) is 2.16. The summed E-state index contributed by atoms with van der Waals surface area (Å²) in [5.74, 6) is -1.90. The standard InChI is InChI=1S/C13H22N2O5/c1-3-10(16)15-7-5-4-6-9(15)11(17)14-8-13(2,20)12(18)19/h9,20H,3-8H2,1-2H3,(H,14,17)(H,18,19). The first kappa shape index (κ1) is 16.4. The average molecular weight is 286 g/mol. The number of hydrogen-bond donors (Lipinski definition) is 3. The van der Waals surface area contributed by atoms with E-state index in [9.17, 15) is 19.5 Å². The summed E-state index contributed by atoms with van der Waals surface area (Å²) in [6.07, 6.45) is 2.60. The van der Waals surface area contributed by atoms with Crippen LogP contribution in [-0.4, -0.2) is 57.6 Å². The average Bonchev–Trinajstić information content (AvgIpc) is 2.43. The molecule has 3 N–H and O–H groups in total. The highest BCUT2D eigenvalue weighted by molar-refractivity contribution is 5.88. The Hall–Kier alpha value is -1.63. The molecule has 1 rings (SSSR count). The third kappa shape index (κ3) is 3.93. The van der Waals surface area contributed by atoms with Crippen LogP contribution in [0.1, 0.15) is 39.5 Å². The number of nitrogens with one attached hydrogen (secondary N) is 1. The molecular formula is C13H22N2O5.